The fraction of sp³-hybridized carbons (Fsp3) is 0.111. The topological polar surface area (TPSA) is 51.2 Å². The average Bonchev–Trinajstić information content (AvgIpc) is 3.10. The van der Waals surface area contributed by atoms with Crippen LogP contribution in [0.3, 0.4) is 0 Å². The van der Waals surface area contributed by atoms with Crippen molar-refractivity contribution >= 4 is 22.9 Å². The first-order valence-corrected chi connectivity index (χ1v) is 8.49. The molecule has 1 aliphatic rings. The van der Waals surface area contributed by atoms with Crippen molar-refractivity contribution in [3.05, 3.63) is 53.4 Å². The predicted molar refractivity (Wildman–Crippen MR) is 92.1 cm³/mol. The highest BCUT2D eigenvalue weighted by molar-refractivity contribution is 7.13. The molecule has 0 bridgehead atoms. The Morgan fingerprint density at radius 3 is 2.77 bits per heavy atom. The van der Waals surface area contributed by atoms with Gasteiger partial charge in [-0.1, -0.05) is 18.2 Å². The maximum absolute atomic E-state index is 13.2. The third-order valence-electron chi connectivity index (χ3n) is 3.87. The molecule has 0 saturated carbocycles. The molecule has 1 aliphatic heterocycles. The van der Waals surface area contributed by atoms with E-state index in [0.29, 0.717) is 22.0 Å². The molecule has 8 heteroatoms. The molecule has 2 aromatic carbocycles. The number of carbonyl (C=O) groups is 1. The van der Waals surface area contributed by atoms with E-state index >= 15 is 0 Å². The number of nitrogens with zero attached hydrogens (tertiary/aromatic N) is 1. The maximum Gasteiger partial charge on any atom is 0.417 e. The van der Waals surface area contributed by atoms with Crippen molar-refractivity contribution in [3.63, 3.8) is 0 Å². The number of ether oxygens (including phenoxy) is 1. The Hall–Kier alpha value is -2.87. The van der Waals surface area contributed by atoms with Gasteiger partial charge >= 0.3 is 6.18 Å². The number of benzene rings is 2. The van der Waals surface area contributed by atoms with E-state index in [4.69, 9.17) is 4.74 Å². The molecule has 0 atom stereocenters. The van der Waals surface area contributed by atoms with Gasteiger partial charge in [0.2, 0.25) is 0 Å². The molecule has 0 unspecified atom stereocenters. The van der Waals surface area contributed by atoms with Crippen molar-refractivity contribution in [3.8, 4) is 27.6 Å². The molecule has 4 rings (SSSR count). The van der Waals surface area contributed by atoms with Crippen LogP contribution in [0, 0.1) is 0 Å². The Bertz CT molecular complexity index is 998. The molecular weight excluding hydrogens is 365 g/mol. The predicted octanol–water partition coefficient (Wildman–Crippen LogP) is 4.83. The minimum Gasteiger partial charge on any atom is -0.482 e. The third kappa shape index (κ3) is 3.03. The summed E-state index contributed by atoms with van der Waals surface area (Å²) >= 11 is 1.24. The summed E-state index contributed by atoms with van der Waals surface area (Å²) in [6.07, 6.45) is -4.45. The van der Waals surface area contributed by atoms with Crippen LogP contribution in [0.2, 0.25) is 0 Å². The van der Waals surface area contributed by atoms with Gasteiger partial charge in [-0.3, -0.25) is 4.79 Å². The number of nitrogens with one attached hydrogen (secondary N) is 1. The Morgan fingerprint density at radius 2 is 1.96 bits per heavy atom. The number of halogens is 3. The number of rotatable bonds is 2. The summed E-state index contributed by atoms with van der Waals surface area (Å²) in [6.45, 7) is -0.0397. The van der Waals surface area contributed by atoms with Crippen molar-refractivity contribution in [2.24, 2.45) is 0 Å². The number of fused-ring (bicyclic) bond motifs is 1. The molecule has 1 N–H and O–H groups in total. The zero-order valence-electron chi connectivity index (χ0n) is 13.1. The number of hydrogen-bond donors (Lipinski definition) is 1. The van der Waals surface area contributed by atoms with Crippen LogP contribution in [0.25, 0.3) is 21.8 Å². The molecular formula is C18H11F3N2O2S. The third-order valence-corrected chi connectivity index (χ3v) is 4.76. The van der Waals surface area contributed by atoms with E-state index in [2.05, 4.69) is 10.3 Å². The summed E-state index contributed by atoms with van der Waals surface area (Å²) in [7, 11) is 0. The van der Waals surface area contributed by atoms with Crippen molar-refractivity contribution in [1.29, 1.82) is 0 Å². The summed E-state index contributed by atoms with van der Waals surface area (Å²) in [5, 5.41) is 4.85. The van der Waals surface area contributed by atoms with Gasteiger partial charge in [0.1, 0.15) is 10.8 Å². The van der Waals surface area contributed by atoms with Crippen LogP contribution in [0.15, 0.2) is 47.8 Å². The molecule has 1 amide bonds. The minimum atomic E-state index is -4.45. The van der Waals surface area contributed by atoms with E-state index in [-0.39, 0.29) is 23.8 Å². The van der Waals surface area contributed by atoms with E-state index in [0.717, 1.165) is 6.07 Å². The Balaban J connectivity index is 1.72. The molecule has 1 aromatic heterocycles. The van der Waals surface area contributed by atoms with Gasteiger partial charge in [-0.2, -0.15) is 13.2 Å². The largest absolute Gasteiger partial charge is 0.482 e. The van der Waals surface area contributed by atoms with Gasteiger partial charge in [-0.15, -0.1) is 11.3 Å². The normalized spacial score (nSPS) is 13.7. The second-order valence-electron chi connectivity index (χ2n) is 5.63. The second-order valence-corrected chi connectivity index (χ2v) is 6.49. The van der Waals surface area contributed by atoms with E-state index in [1.54, 1.807) is 29.6 Å². The molecule has 26 heavy (non-hydrogen) atoms. The summed E-state index contributed by atoms with van der Waals surface area (Å²) < 4.78 is 44.9. The first kappa shape index (κ1) is 16.6. The van der Waals surface area contributed by atoms with Crippen molar-refractivity contribution in [1.82, 2.24) is 4.98 Å². The van der Waals surface area contributed by atoms with Crippen LogP contribution in [0.1, 0.15) is 5.56 Å². The van der Waals surface area contributed by atoms with Crippen LogP contribution in [-0.4, -0.2) is 17.5 Å². The average molecular weight is 376 g/mol. The van der Waals surface area contributed by atoms with Crippen molar-refractivity contribution < 1.29 is 22.7 Å². The fourth-order valence-corrected chi connectivity index (χ4v) is 3.52. The monoisotopic (exact) mass is 376 g/mol. The molecule has 3 aromatic rings. The van der Waals surface area contributed by atoms with Crippen LogP contribution in [0.4, 0.5) is 18.9 Å². The van der Waals surface area contributed by atoms with Crippen molar-refractivity contribution in [2.45, 2.75) is 6.18 Å². The lowest BCUT2D eigenvalue weighted by atomic mass is 10.1. The van der Waals surface area contributed by atoms with E-state index in [1.165, 1.54) is 23.5 Å². The van der Waals surface area contributed by atoms with E-state index in [1.807, 2.05) is 0 Å². The highest BCUT2D eigenvalue weighted by atomic mass is 32.1. The van der Waals surface area contributed by atoms with Gasteiger partial charge in [0.25, 0.3) is 5.91 Å². The number of anilines is 1. The first-order valence-electron chi connectivity index (χ1n) is 7.61. The molecule has 0 aliphatic carbocycles. The summed E-state index contributed by atoms with van der Waals surface area (Å²) in [4.78, 5) is 15.8. The SMILES string of the molecule is O=C1COc2ccc(-c3nc(-c4ccccc4C(F)(F)F)cs3)cc2N1. The lowest BCUT2D eigenvalue weighted by Gasteiger charge is -2.18. The Morgan fingerprint density at radius 1 is 1.15 bits per heavy atom. The number of alkyl halides is 3. The fourth-order valence-electron chi connectivity index (χ4n) is 2.70. The van der Waals surface area contributed by atoms with E-state index in [9.17, 15) is 18.0 Å². The summed E-state index contributed by atoms with van der Waals surface area (Å²) in [5.74, 6) is 0.293. The number of amides is 1. The molecule has 0 saturated heterocycles. The molecule has 2 heterocycles. The number of thiazole rings is 1. The maximum atomic E-state index is 13.2. The lowest BCUT2D eigenvalue weighted by Crippen LogP contribution is -2.25. The van der Waals surface area contributed by atoms with Crippen molar-refractivity contribution in [2.75, 3.05) is 11.9 Å². The van der Waals surface area contributed by atoms with Crippen LogP contribution >= 0.6 is 11.3 Å². The number of hydrogen-bond acceptors (Lipinski definition) is 4. The molecule has 0 radical (unpaired) electrons. The van der Waals surface area contributed by atoms with Gasteiger partial charge < -0.3 is 10.1 Å². The molecule has 0 fully saturated rings. The number of carbonyl (C=O) groups excluding carboxylic acids is 1. The van der Waals surface area contributed by atoms with Crippen LogP contribution in [-0.2, 0) is 11.0 Å². The highest BCUT2D eigenvalue weighted by Gasteiger charge is 2.33. The summed E-state index contributed by atoms with van der Waals surface area (Å²) in [6, 6.07) is 10.5. The Labute approximate surface area is 150 Å². The summed E-state index contributed by atoms with van der Waals surface area (Å²) in [5.41, 5.74) is 0.789. The second kappa shape index (κ2) is 6.14. The van der Waals surface area contributed by atoms with E-state index < -0.39 is 11.7 Å². The zero-order valence-corrected chi connectivity index (χ0v) is 13.9. The molecule has 4 nitrogen and oxygen atoms in total. The quantitative estimate of drug-likeness (QED) is 0.697. The zero-order chi connectivity index (χ0) is 18.3. The smallest absolute Gasteiger partial charge is 0.417 e. The minimum absolute atomic E-state index is 0.0390. The van der Waals surface area contributed by atoms with Crippen LogP contribution in [0.5, 0.6) is 5.75 Å². The highest BCUT2D eigenvalue weighted by Crippen LogP contribution is 2.39. The van der Waals surface area contributed by atoms with Gasteiger partial charge in [-0.05, 0) is 24.3 Å². The first-order chi connectivity index (χ1) is 12.4. The van der Waals surface area contributed by atoms with Gasteiger partial charge in [-0.25, -0.2) is 4.98 Å². The van der Waals surface area contributed by atoms with Gasteiger partial charge in [0.15, 0.2) is 6.61 Å². The molecule has 132 valence electrons. The molecule has 0 spiro atoms. The Kier molecular flexibility index (Phi) is 3.91. The van der Waals surface area contributed by atoms with Gasteiger partial charge in [0, 0.05) is 16.5 Å². The standard InChI is InChI=1S/C18H11F3N2O2S/c19-18(20,21)12-4-2-1-3-11(12)14-9-26-17(23-14)10-5-6-15-13(7-10)22-16(24)8-25-15/h1-7,9H,8H2,(H,22,24). The van der Waals surface area contributed by atoms with Crippen LogP contribution < -0.4 is 10.1 Å². The van der Waals surface area contributed by atoms with Gasteiger partial charge in [0.05, 0.1) is 16.9 Å². The number of aromatic nitrogens is 1. The lowest BCUT2D eigenvalue weighted by molar-refractivity contribution is -0.137.